The van der Waals surface area contributed by atoms with Crippen molar-refractivity contribution < 1.29 is 0 Å². The smallest absolute Gasteiger partial charge is 0.131 e. The van der Waals surface area contributed by atoms with E-state index in [4.69, 9.17) is 0 Å². The summed E-state index contributed by atoms with van der Waals surface area (Å²) in [6.45, 7) is 8.01. The van der Waals surface area contributed by atoms with Crippen LogP contribution in [-0.4, -0.2) is 41.0 Å². The molecular formula is C21H28N4. The molecule has 2 aliphatic rings. The molecule has 0 spiro atoms. The molecular weight excluding hydrogens is 308 g/mol. The van der Waals surface area contributed by atoms with Gasteiger partial charge < -0.3 is 4.90 Å². The quantitative estimate of drug-likeness (QED) is 0.855. The van der Waals surface area contributed by atoms with Crippen molar-refractivity contribution in [2.45, 2.75) is 32.7 Å². The van der Waals surface area contributed by atoms with Crippen molar-refractivity contribution in [3.63, 3.8) is 0 Å². The van der Waals surface area contributed by atoms with Gasteiger partial charge in [0.2, 0.25) is 0 Å². The summed E-state index contributed by atoms with van der Waals surface area (Å²) in [5.41, 5.74) is 2.63. The van der Waals surface area contributed by atoms with Gasteiger partial charge in [0.15, 0.2) is 0 Å². The molecule has 0 aromatic carbocycles. The molecule has 0 aliphatic carbocycles. The number of piperidine rings is 1. The summed E-state index contributed by atoms with van der Waals surface area (Å²) in [4.78, 5) is 13.9. The molecule has 2 fully saturated rings. The maximum atomic E-state index is 4.61. The molecule has 0 N–H and O–H groups in total. The van der Waals surface area contributed by atoms with Gasteiger partial charge in [-0.05, 0) is 74.4 Å². The molecule has 2 aliphatic heterocycles. The van der Waals surface area contributed by atoms with Crippen LogP contribution in [0.25, 0.3) is 0 Å². The molecule has 25 heavy (non-hydrogen) atoms. The van der Waals surface area contributed by atoms with Gasteiger partial charge >= 0.3 is 0 Å². The molecule has 4 heterocycles. The first kappa shape index (κ1) is 16.5. The third-order valence-corrected chi connectivity index (χ3v) is 5.93. The van der Waals surface area contributed by atoms with Crippen LogP contribution in [0.15, 0.2) is 42.9 Å². The molecule has 0 amide bonds. The van der Waals surface area contributed by atoms with E-state index < -0.39 is 0 Å². The van der Waals surface area contributed by atoms with Crippen molar-refractivity contribution in [1.82, 2.24) is 14.9 Å². The van der Waals surface area contributed by atoms with Crippen molar-refractivity contribution in [3.8, 4) is 0 Å². The summed E-state index contributed by atoms with van der Waals surface area (Å²) in [7, 11) is 0. The zero-order chi connectivity index (χ0) is 17.1. The second-order valence-electron chi connectivity index (χ2n) is 7.61. The zero-order valence-corrected chi connectivity index (χ0v) is 15.1. The highest BCUT2D eigenvalue weighted by molar-refractivity contribution is 5.46. The van der Waals surface area contributed by atoms with Crippen LogP contribution in [0, 0.1) is 18.8 Å². The van der Waals surface area contributed by atoms with Gasteiger partial charge in [-0.1, -0.05) is 12.1 Å². The minimum Gasteiger partial charge on any atom is -0.356 e. The van der Waals surface area contributed by atoms with Gasteiger partial charge in [0.1, 0.15) is 5.82 Å². The Morgan fingerprint density at radius 2 is 1.80 bits per heavy atom. The van der Waals surface area contributed by atoms with E-state index in [2.05, 4.69) is 38.8 Å². The van der Waals surface area contributed by atoms with Crippen molar-refractivity contribution in [3.05, 3.63) is 54.0 Å². The largest absolute Gasteiger partial charge is 0.356 e. The number of nitrogens with zero attached hydrogens (tertiary/aromatic N) is 4. The molecule has 0 bridgehead atoms. The van der Waals surface area contributed by atoms with E-state index in [1.807, 2.05) is 30.7 Å². The second-order valence-corrected chi connectivity index (χ2v) is 7.61. The third kappa shape index (κ3) is 3.84. The number of hydrogen-bond donors (Lipinski definition) is 0. The van der Waals surface area contributed by atoms with Gasteiger partial charge in [-0.3, -0.25) is 9.88 Å². The van der Waals surface area contributed by atoms with Crippen LogP contribution in [0.1, 0.15) is 30.4 Å². The van der Waals surface area contributed by atoms with E-state index in [0.29, 0.717) is 0 Å². The van der Waals surface area contributed by atoms with Crippen molar-refractivity contribution in [2.75, 3.05) is 31.1 Å². The van der Waals surface area contributed by atoms with E-state index in [1.165, 1.54) is 62.4 Å². The molecule has 4 rings (SSSR count). The fraction of sp³-hybridized carbons (Fsp3) is 0.524. The summed E-state index contributed by atoms with van der Waals surface area (Å²) in [5.74, 6) is 2.90. The number of likely N-dealkylation sites (tertiary alicyclic amines) is 1. The van der Waals surface area contributed by atoms with Crippen molar-refractivity contribution in [2.24, 2.45) is 11.8 Å². The summed E-state index contributed by atoms with van der Waals surface area (Å²) >= 11 is 0. The molecule has 0 unspecified atom stereocenters. The van der Waals surface area contributed by atoms with Gasteiger partial charge in [-0.15, -0.1) is 0 Å². The maximum absolute atomic E-state index is 4.61. The molecule has 0 saturated carbocycles. The lowest BCUT2D eigenvalue weighted by Crippen LogP contribution is -2.36. The van der Waals surface area contributed by atoms with E-state index >= 15 is 0 Å². The molecule has 2 aromatic heterocycles. The Labute approximate surface area is 150 Å². The predicted molar refractivity (Wildman–Crippen MR) is 102 cm³/mol. The number of aryl methyl sites for hydroxylation is 1. The van der Waals surface area contributed by atoms with E-state index in [0.717, 1.165) is 18.4 Å². The van der Waals surface area contributed by atoms with E-state index in [9.17, 15) is 0 Å². The predicted octanol–water partition coefficient (Wildman–Crippen LogP) is 3.52. The van der Waals surface area contributed by atoms with Crippen LogP contribution in [0.2, 0.25) is 0 Å². The van der Waals surface area contributed by atoms with Gasteiger partial charge in [0.25, 0.3) is 0 Å². The SMILES string of the molecule is Cc1cccnc1N1CC[C@@H](C2CCN(Cc3cccnc3)CC2)C1. The van der Waals surface area contributed by atoms with Crippen LogP contribution in [0.4, 0.5) is 5.82 Å². The van der Waals surface area contributed by atoms with Gasteiger partial charge in [-0.25, -0.2) is 4.98 Å². The highest BCUT2D eigenvalue weighted by atomic mass is 15.2. The standard InChI is InChI=1S/C21H28N4/c1-17-4-2-10-23-21(17)25-13-8-20(16-25)19-6-11-24(12-7-19)15-18-5-3-9-22-14-18/h2-5,9-10,14,19-20H,6-8,11-13,15-16H2,1H3/t20-/m1/s1. The molecule has 4 heteroatoms. The minimum absolute atomic E-state index is 0.835. The van der Waals surface area contributed by atoms with E-state index in [-0.39, 0.29) is 0 Å². The Morgan fingerprint density at radius 1 is 1.00 bits per heavy atom. The molecule has 4 nitrogen and oxygen atoms in total. The second kappa shape index (κ2) is 7.52. The van der Waals surface area contributed by atoms with Crippen molar-refractivity contribution >= 4 is 5.82 Å². The molecule has 132 valence electrons. The van der Waals surface area contributed by atoms with Gasteiger partial charge in [0, 0.05) is 38.2 Å². The van der Waals surface area contributed by atoms with Gasteiger partial charge in [-0.2, -0.15) is 0 Å². The summed E-state index contributed by atoms with van der Waals surface area (Å²) in [6.07, 6.45) is 9.76. The van der Waals surface area contributed by atoms with Crippen LogP contribution in [0.3, 0.4) is 0 Å². The van der Waals surface area contributed by atoms with Crippen LogP contribution >= 0.6 is 0 Å². The highest BCUT2D eigenvalue weighted by Gasteiger charge is 2.32. The summed E-state index contributed by atoms with van der Waals surface area (Å²) < 4.78 is 0. The molecule has 2 saturated heterocycles. The van der Waals surface area contributed by atoms with Crippen molar-refractivity contribution in [1.29, 1.82) is 0 Å². The first-order valence-electron chi connectivity index (χ1n) is 9.57. The lowest BCUT2D eigenvalue weighted by molar-refractivity contribution is 0.147. The first-order chi connectivity index (χ1) is 12.3. The Morgan fingerprint density at radius 3 is 2.56 bits per heavy atom. The maximum Gasteiger partial charge on any atom is 0.131 e. The molecule has 2 aromatic rings. The van der Waals surface area contributed by atoms with Gasteiger partial charge in [0.05, 0.1) is 0 Å². The summed E-state index contributed by atoms with van der Waals surface area (Å²) in [5, 5.41) is 0. The fourth-order valence-electron chi connectivity index (χ4n) is 4.51. The topological polar surface area (TPSA) is 32.3 Å². The van der Waals surface area contributed by atoms with Crippen LogP contribution < -0.4 is 4.90 Å². The van der Waals surface area contributed by atoms with Crippen LogP contribution in [-0.2, 0) is 6.54 Å². The Bertz CT molecular complexity index is 679. The Hall–Kier alpha value is -1.94. The fourth-order valence-corrected chi connectivity index (χ4v) is 4.51. The molecule has 0 radical (unpaired) electrons. The normalized spacial score (nSPS) is 22.4. The minimum atomic E-state index is 0.835. The number of pyridine rings is 2. The zero-order valence-electron chi connectivity index (χ0n) is 15.1. The monoisotopic (exact) mass is 336 g/mol. The third-order valence-electron chi connectivity index (χ3n) is 5.93. The average molecular weight is 336 g/mol. The number of aromatic nitrogens is 2. The lowest BCUT2D eigenvalue weighted by Gasteiger charge is -2.35. The van der Waals surface area contributed by atoms with Crippen LogP contribution in [0.5, 0.6) is 0 Å². The highest BCUT2D eigenvalue weighted by Crippen LogP contribution is 2.34. The Kier molecular flexibility index (Phi) is 4.97. The number of anilines is 1. The summed E-state index contributed by atoms with van der Waals surface area (Å²) in [6, 6.07) is 8.43. The lowest BCUT2D eigenvalue weighted by atomic mass is 9.83. The van der Waals surface area contributed by atoms with E-state index in [1.54, 1.807) is 0 Å². The number of rotatable bonds is 4. The number of hydrogen-bond acceptors (Lipinski definition) is 4. The average Bonchev–Trinajstić information content (AvgIpc) is 3.13. The first-order valence-corrected chi connectivity index (χ1v) is 9.57. The Balaban J connectivity index is 1.29. The molecule has 1 atom stereocenters.